The van der Waals surface area contributed by atoms with Gasteiger partial charge in [0.2, 0.25) is 5.91 Å². The van der Waals surface area contributed by atoms with Gasteiger partial charge in [0.1, 0.15) is 5.88 Å². The normalized spacial score (nSPS) is 10.2. The van der Waals surface area contributed by atoms with Crippen molar-refractivity contribution in [3.8, 4) is 0 Å². The smallest absolute Gasteiger partial charge is 0.239 e. The van der Waals surface area contributed by atoms with Crippen molar-refractivity contribution in [1.82, 2.24) is 15.0 Å². The van der Waals surface area contributed by atoms with Gasteiger partial charge in [-0.2, -0.15) is 0 Å². The number of benzene rings is 1. The monoisotopic (exact) mass is 250 g/mol. The van der Waals surface area contributed by atoms with E-state index < -0.39 is 0 Å². The number of aromatic nitrogens is 3. The lowest BCUT2D eigenvalue weighted by atomic mass is 10.2. The van der Waals surface area contributed by atoms with Gasteiger partial charge in [0.25, 0.3) is 0 Å². The van der Waals surface area contributed by atoms with Crippen LogP contribution in [0.3, 0.4) is 0 Å². The van der Waals surface area contributed by atoms with Crippen LogP contribution < -0.4 is 5.32 Å². The maximum Gasteiger partial charge on any atom is 0.239 e. The van der Waals surface area contributed by atoms with Crippen molar-refractivity contribution in [2.75, 3.05) is 11.2 Å². The SMILES string of the molecule is O=C(CCl)Nc1ccc(Cn2ccnn2)cc1. The Kier molecular flexibility index (Phi) is 3.72. The molecule has 1 N–H and O–H groups in total. The second-order valence-electron chi connectivity index (χ2n) is 3.48. The zero-order chi connectivity index (χ0) is 12.1. The van der Waals surface area contributed by atoms with E-state index in [2.05, 4.69) is 15.6 Å². The Balaban J connectivity index is 2.00. The van der Waals surface area contributed by atoms with E-state index in [1.165, 1.54) is 0 Å². The Morgan fingerprint density at radius 1 is 1.35 bits per heavy atom. The van der Waals surface area contributed by atoms with E-state index in [0.29, 0.717) is 6.54 Å². The Morgan fingerprint density at radius 2 is 2.12 bits per heavy atom. The molecule has 0 unspecified atom stereocenters. The fraction of sp³-hybridized carbons (Fsp3) is 0.182. The van der Waals surface area contributed by atoms with Crippen LogP contribution in [0.25, 0.3) is 0 Å². The van der Waals surface area contributed by atoms with Gasteiger partial charge in [-0.05, 0) is 17.7 Å². The molecule has 2 rings (SSSR count). The number of hydrogen-bond acceptors (Lipinski definition) is 3. The Morgan fingerprint density at radius 3 is 2.71 bits per heavy atom. The van der Waals surface area contributed by atoms with Gasteiger partial charge in [-0.15, -0.1) is 16.7 Å². The first-order chi connectivity index (χ1) is 8.28. The molecule has 0 aliphatic carbocycles. The Bertz CT molecular complexity index is 481. The highest BCUT2D eigenvalue weighted by atomic mass is 35.5. The molecule has 6 heteroatoms. The molecule has 1 amide bonds. The quantitative estimate of drug-likeness (QED) is 0.837. The average molecular weight is 251 g/mol. The van der Waals surface area contributed by atoms with E-state index in [1.54, 1.807) is 17.1 Å². The summed E-state index contributed by atoms with van der Waals surface area (Å²) in [5.41, 5.74) is 1.82. The lowest BCUT2D eigenvalue weighted by Crippen LogP contribution is -2.12. The van der Waals surface area contributed by atoms with Crippen LogP contribution in [0.1, 0.15) is 5.56 Å². The van der Waals surface area contributed by atoms with Crippen LogP contribution in [-0.2, 0) is 11.3 Å². The third-order valence-corrected chi connectivity index (χ3v) is 2.42. The third kappa shape index (κ3) is 3.29. The fourth-order valence-corrected chi connectivity index (χ4v) is 1.46. The minimum absolute atomic E-state index is 0.0410. The van der Waals surface area contributed by atoms with Crippen LogP contribution in [0.4, 0.5) is 5.69 Å². The maximum atomic E-state index is 11.1. The first-order valence-electron chi connectivity index (χ1n) is 5.07. The number of nitrogens with one attached hydrogen (secondary N) is 1. The van der Waals surface area contributed by atoms with E-state index in [4.69, 9.17) is 11.6 Å². The van der Waals surface area contributed by atoms with Crippen molar-refractivity contribution in [1.29, 1.82) is 0 Å². The molecule has 0 aliphatic heterocycles. The zero-order valence-electron chi connectivity index (χ0n) is 9.01. The van der Waals surface area contributed by atoms with Crippen molar-refractivity contribution < 1.29 is 4.79 Å². The molecular weight excluding hydrogens is 240 g/mol. The standard InChI is InChI=1S/C11H11ClN4O/c12-7-11(17)14-10-3-1-9(2-4-10)8-16-6-5-13-15-16/h1-6H,7-8H2,(H,14,17). The molecule has 0 saturated carbocycles. The molecule has 0 spiro atoms. The van der Waals surface area contributed by atoms with Gasteiger partial charge in [-0.1, -0.05) is 17.3 Å². The minimum atomic E-state index is -0.212. The van der Waals surface area contributed by atoms with Crippen LogP contribution in [0, 0.1) is 0 Å². The second-order valence-corrected chi connectivity index (χ2v) is 3.75. The van der Waals surface area contributed by atoms with E-state index in [9.17, 15) is 4.79 Å². The van der Waals surface area contributed by atoms with Gasteiger partial charge in [-0.3, -0.25) is 4.79 Å². The summed E-state index contributed by atoms with van der Waals surface area (Å²) in [4.78, 5) is 11.1. The van der Waals surface area contributed by atoms with Gasteiger partial charge in [0, 0.05) is 11.9 Å². The minimum Gasteiger partial charge on any atom is -0.325 e. The number of anilines is 1. The molecule has 0 fully saturated rings. The van der Waals surface area contributed by atoms with Gasteiger partial charge in [0.15, 0.2) is 0 Å². The largest absolute Gasteiger partial charge is 0.325 e. The summed E-state index contributed by atoms with van der Waals surface area (Å²) in [5.74, 6) is -0.253. The Labute approximate surface area is 103 Å². The molecule has 2 aromatic rings. The molecule has 0 aliphatic rings. The average Bonchev–Trinajstić information content (AvgIpc) is 2.84. The summed E-state index contributed by atoms with van der Waals surface area (Å²) < 4.78 is 1.73. The van der Waals surface area contributed by atoms with E-state index in [1.807, 2.05) is 24.3 Å². The fourth-order valence-electron chi connectivity index (χ4n) is 1.39. The number of carbonyl (C=O) groups is 1. The van der Waals surface area contributed by atoms with Crippen LogP contribution in [0.2, 0.25) is 0 Å². The molecule has 17 heavy (non-hydrogen) atoms. The van der Waals surface area contributed by atoms with Crippen molar-refractivity contribution >= 4 is 23.2 Å². The second kappa shape index (κ2) is 5.45. The topological polar surface area (TPSA) is 59.8 Å². The first kappa shape index (κ1) is 11.6. The van der Waals surface area contributed by atoms with Crippen molar-refractivity contribution in [3.05, 3.63) is 42.2 Å². The molecule has 0 bridgehead atoms. The summed E-state index contributed by atoms with van der Waals surface area (Å²) in [6.07, 6.45) is 3.43. The number of carbonyl (C=O) groups excluding carboxylic acids is 1. The van der Waals surface area contributed by atoms with Crippen molar-refractivity contribution in [3.63, 3.8) is 0 Å². The number of amides is 1. The van der Waals surface area contributed by atoms with Gasteiger partial charge in [-0.25, -0.2) is 4.68 Å². The zero-order valence-corrected chi connectivity index (χ0v) is 9.76. The first-order valence-corrected chi connectivity index (χ1v) is 5.60. The van der Waals surface area contributed by atoms with Gasteiger partial charge >= 0.3 is 0 Å². The molecule has 0 radical (unpaired) electrons. The number of nitrogens with zero attached hydrogens (tertiary/aromatic N) is 3. The van der Waals surface area contributed by atoms with Crippen molar-refractivity contribution in [2.45, 2.75) is 6.54 Å². The van der Waals surface area contributed by atoms with Crippen LogP contribution >= 0.6 is 11.6 Å². The number of rotatable bonds is 4. The summed E-state index contributed by atoms with van der Waals surface area (Å²) in [7, 11) is 0. The number of alkyl halides is 1. The molecule has 1 heterocycles. The molecule has 1 aromatic heterocycles. The molecular formula is C11H11ClN4O. The lowest BCUT2D eigenvalue weighted by molar-refractivity contribution is -0.113. The molecule has 0 saturated heterocycles. The highest BCUT2D eigenvalue weighted by Crippen LogP contribution is 2.10. The molecule has 0 atom stereocenters. The van der Waals surface area contributed by atoms with E-state index in [0.717, 1.165) is 11.3 Å². The summed E-state index contributed by atoms with van der Waals surface area (Å²) in [6.45, 7) is 0.656. The summed E-state index contributed by atoms with van der Waals surface area (Å²) >= 11 is 5.40. The highest BCUT2D eigenvalue weighted by molar-refractivity contribution is 6.29. The predicted molar refractivity (Wildman–Crippen MR) is 64.9 cm³/mol. The maximum absolute atomic E-state index is 11.1. The predicted octanol–water partition coefficient (Wildman–Crippen LogP) is 1.50. The summed E-state index contributed by atoms with van der Waals surface area (Å²) in [5, 5.41) is 10.3. The van der Waals surface area contributed by atoms with E-state index >= 15 is 0 Å². The van der Waals surface area contributed by atoms with Crippen molar-refractivity contribution in [2.24, 2.45) is 0 Å². The summed E-state index contributed by atoms with van der Waals surface area (Å²) in [6, 6.07) is 7.50. The van der Waals surface area contributed by atoms with Crippen LogP contribution in [-0.4, -0.2) is 26.8 Å². The molecule has 1 aromatic carbocycles. The Hall–Kier alpha value is -1.88. The van der Waals surface area contributed by atoms with Gasteiger partial charge in [0.05, 0.1) is 12.7 Å². The number of halogens is 1. The van der Waals surface area contributed by atoms with Crippen LogP contribution in [0.15, 0.2) is 36.7 Å². The van der Waals surface area contributed by atoms with E-state index in [-0.39, 0.29) is 11.8 Å². The third-order valence-electron chi connectivity index (χ3n) is 2.18. The number of hydrogen-bond donors (Lipinski definition) is 1. The van der Waals surface area contributed by atoms with Gasteiger partial charge < -0.3 is 5.32 Å². The highest BCUT2D eigenvalue weighted by Gasteiger charge is 2.00. The molecule has 88 valence electrons. The van der Waals surface area contributed by atoms with Crippen LogP contribution in [0.5, 0.6) is 0 Å². The lowest BCUT2D eigenvalue weighted by Gasteiger charge is -2.05. The molecule has 5 nitrogen and oxygen atoms in total.